The fourth-order valence-electron chi connectivity index (χ4n) is 1.95. The van der Waals surface area contributed by atoms with Gasteiger partial charge in [0.2, 0.25) is 0 Å². The molecule has 0 amide bonds. The minimum Gasteiger partial charge on any atom is -0.398 e. The number of hydrogen-bond acceptors (Lipinski definition) is 4. The van der Waals surface area contributed by atoms with E-state index in [4.69, 9.17) is 10.3 Å². The molecule has 3 rings (SSSR count). The van der Waals surface area contributed by atoms with Crippen LogP contribution in [-0.4, -0.2) is 10.1 Å². The standard InChI is InChI=1S/C15H11Br2N3O/c16-11-3-1-2-9(6-11)7-14-19-15(21-20-14)10-4-5-12(17)13(18)8-10/h1-6,8H,7,18H2. The average molecular weight is 409 g/mol. The van der Waals surface area contributed by atoms with Crippen LogP contribution in [0.25, 0.3) is 11.5 Å². The summed E-state index contributed by atoms with van der Waals surface area (Å²) in [6.07, 6.45) is 0.620. The fraction of sp³-hybridized carbons (Fsp3) is 0.0667. The topological polar surface area (TPSA) is 64.9 Å². The van der Waals surface area contributed by atoms with Crippen molar-refractivity contribution in [1.82, 2.24) is 10.1 Å². The summed E-state index contributed by atoms with van der Waals surface area (Å²) in [5.41, 5.74) is 8.43. The quantitative estimate of drug-likeness (QED) is 0.650. The monoisotopic (exact) mass is 407 g/mol. The van der Waals surface area contributed by atoms with Gasteiger partial charge in [0.25, 0.3) is 5.89 Å². The van der Waals surface area contributed by atoms with Crippen molar-refractivity contribution in [3.63, 3.8) is 0 Å². The highest BCUT2D eigenvalue weighted by molar-refractivity contribution is 9.10. The second-order valence-corrected chi connectivity index (χ2v) is 6.33. The van der Waals surface area contributed by atoms with Crippen molar-refractivity contribution in [2.75, 3.05) is 5.73 Å². The van der Waals surface area contributed by atoms with Crippen molar-refractivity contribution in [1.29, 1.82) is 0 Å². The third kappa shape index (κ3) is 3.33. The third-order valence-electron chi connectivity index (χ3n) is 2.96. The van der Waals surface area contributed by atoms with Gasteiger partial charge in [0.1, 0.15) is 0 Å². The van der Waals surface area contributed by atoms with Crippen LogP contribution < -0.4 is 5.73 Å². The van der Waals surface area contributed by atoms with Gasteiger partial charge < -0.3 is 10.3 Å². The number of nitrogens with zero attached hydrogens (tertiary/aromatic N) is 2. The van der Waals surface area contributed by atoms with Crippen LogP contribution in [0.15, 0.2) is 55.9 Å². The van der Waals surface area contributed by atoms with Gasteiger partial charge in [-0.3, -0.25) is 0 Å². The van der Waals surface area contributed by atoms with Crippen LogP contribution in [0.5, 0.6) is 0 Å². The zero-order chi connectivity index (χ0) is 14.8. The Balaban J connectivity index is 1.84. The van der Waals surface area contributed by atoms with E-state index in [2.05, 4.69) is 42.0 Å². The van der Waals surface area contributed by atoms with Crippen molar-refractivity contribution >= 4 is 37.5 Å². The smallest absolute Gasteiger partial charge is 0.258 e. The van der Waals surface area contributed by atoms with E-state index in [0.717, 1.165) is 20.1 Å². The Labute approximate surface area is 138 Å². The lowest BCUT2D eigenvalue weighted by molar-refractivity contribution is 0.424. The highest BCUT2D eigenvalue weighted by Crippen LogP contribution is 2.26. The summed E-state index contributed by atoms with van der Waals surface area (Å²) in [7, 11) is 0. The molecule has 0 radical (unpaired) electrons. The first-order valence-corrected chi connectivity index (χ1v) is 7.83. The van der Waals surface area contributed by atoms with Crippen LogP contribution in [0.2, 0.25) is 0 Å². The zero-order valence-corrected chi connectivity index (χ0v) is 14.1. The lowest BCUT2D eigenvalue weighted by atomic mass is 10.1. The predicted octanol–water partition coefficient (Wildman–Crippen LogP) is 4.43. The van der Waals surface area contributed by atoms with Gasteiger partial charge in [0, 0.05) is 26.6 Å². The van der Waals surface area contributed by atoms with Crippen molar-refractivity contribution in [2.24, 2.45) is 0 Å². The Hall–Kier alpha value is -1.66. The molecule has 0 atom stereocenters. The number of hydrogen-bond donors (Lipinski definition) is 1. The molecule has 0 spiro atoms. The van der Waals surface area contributed by atoms with E-state index in [1.165, 1.54) is 0 Å². The first kappa shape index (κ1) is 14.3. The summed E-state index contributed by atoms with van der Waals surface area (Å²) in [6, 6.07) is 13.6. The van der Waals surface area contributed by atoms with Crippen LogP contribution >= 0.6 is 31.9 Å². The lowest BCUT2D eigenvalue weighted by Gasteiger charge is -1.99. The van der Waals surface area contributed by atoms with Crippen LogP contribution in [0.3, 0.4) is 0 Å². The molecule has 2 N–H and O–H groups in total. The third-order valence-corrected chi connectivity index (χ3v) is 4.18. The van der Waals surface area contributed by atoms with E-state index in [1.54, 1.807) is 6.07 Å². The van der Waals surface area contributed by atoms with E-state index < -0.39 is 0 Å². The molecule has 3 aromatic rings. The SMILES string of the molecule is Nc1cc(-c2nc(Cc3cccc(Br)c3)no2)ccc1Br. The van der Waals surface area contributed by atoms with Gasteiger partial charge >= 0.3 is 0 Å². The number of aromatic nitrogens is 2. The first-order chi connectivity index (χ1) is 10.1. The normalized spacial score (nSPS) is 10.8. The van der Waals surface area contributed by atoms with Crippen LogP contribution in [-0.2, 0) is 6.42 Å². The maximum Gasteiger partial charge on any atom is 0.258 e. The molecule has 0 unspecified atom stereocenters. The molecule has 21 heavy (non-hydrogen) atoms. The second kappa shape index (κ2) is 5.99. The summed E-state index contributed by atoms with van der Waals surface area (Å²) < 4.78 is 7.18. The number of nitrogens with two attached hydrogens (primary N) is 1. The van der Waals surface area contributed by atoms with Gasteiger partial charge in [-0.15, -0.1) is 0 Å². The molecule has 0 fully saturated rings. The maximum atomic E-state index is 5.86. The number of nitrogen functional groups attached to an aromatic ring is 1. The van der Waals surface area contributed by atoms with Crippen molar-refractivity contribution in [3.8, 4) is 11.5 Å². The average Bonchev–Trinajstić information content (AvgIpc) is 2.90. The van der Waals surface area contributed by atoms with E-state index in [9.17, 15) is 0 Å². The van der Waals surface area contributed by atoms with Gasteiger partial charge in [-0.25, -0.2) is 0 Å². The van der Waals surface area contributed by atoms with Crippen LogP contribution in [0.1, 0.15) is 11.4 Å². The van der Waals surface area contributed by atoms with E-state index in [0.29, 0.717) is 23.8 Å². The minimum atomic E-state index is 0.471. The Bertz CT molecular complexity index is 786. The molecule has 0 aliphatic heterocycles. The van der Waals surface area contributed by atoms with Gasteiger partial charge in [-0.2, -0.15) is 4.98 Å². The van der Waals surface area contributed by atoms with E-state index in [1.807, 2.05) is 36.4 Å². The van der Waals surface area contributed by atoms with Gasteiger partial charge in [0.05, 0.1) is 0 Å². The summed E-state index contributed by atoms with van der Waals surface area (Å²) in [5.74, 6) is 1.11. The molecule has 0 saturated heterocycles. The molecular formula is C15H11Br2N3O. The summed E-state index contributed by atoms with van der Waals surface area (Å²) >= 11 is 6.81. The number of benzene rings is 2. The van der Waals surface area contributed by atoms with Crippen LogP contribution in [0.4, 0.5) is 5.69 Å². The summed E-state index contributed by atoms with van der Waals surface area (Å²) in [5, 5.41) is 4.02. The van der Waals surface area contributed by atoms with Gasteiger partial charge in [-0.05, 0) is 51.8 Å². The summed E-state index contributed by atoms with van der Waals surface area (Å²) in [4.78, 5) is 4.41. The van der Waals surface area contributed by atoms with Gasteiger partial charge in [0.15, 0.2) is 5.82 Å². The van der Waals surface area contributed by atoms with Crippen molar-refractivity contribution in [2.45, 2.75) is 6.42 Å². The Kier molecular flexibility index (Phi) is 4.07. The molecule has 0 saturated carbocycles. The highest BCUT2D eigenvalue weighted by atomic mass is 79.9. The predicted molar refractivity (Wildman–Crippen MR) is 88.8 cm³/mol. The largest absolute Gasteiger partial charge is 0.398 e. The molecule has 0 aliphatic carbocycles. The highest BCUT2D eigenvalue weighted by Gasteiger charge is 2.10. The second-order valence-electron chi connectivity index (χ2n) is 4.56. The van der Waals surface area contributed by atoms with Gasteiger partial charge in [-0.1, -0.05) is 33.2 Å². The number of anilines is 1. The van der Waals surface area contributed by atoms with Crippen molar-refractivity contribution in [3.05, 3.63) is 62.8 Å². The number of rotatable bonds is 3. The maximum absolute atomic E-state index is 5.86. The molecule has 6 heteroatoms. The lowest BCUT2D eigenvalue weighted by Crippen LogP contribution is -1.91. The fourth-order valence-corrected chi connectivity index (χ4v) is 2.64. The minimum absolute atomic E-state index is 0.471. The van der Waals surface area contributed by atoms with Crippen molar-refractivity contribution < 1.29 is 4.52 Å². The molecule has 4 nitrogen and oxygen atoms in total. The Morgan fingerprint density at radius 3 is 2.71 bits per heavy atom. The van der Waals surface area contributed by atoms with E-state index in [-0.39, 0.29) is 0 Å². The molecule has 0 bridgehead atoms. The zero-order valence-electron chi connectivity index (χ0n) is 10.9. The molecule has 1 heterocycles. The van der Waals surface area contributed by atoms with E-state index >= 15 is 0 Å². The molecule has 0 aliphatic rings. The molecule has 106 valence electrons. The first-order valence-electron chi connectivity index (χ1n) is 6.24. The van der Waals surface area contributed by atoms with Crippen LogP contribution in [0, 0.1) is 0 Å². The number of halogens is 2. The molecule has 1 aromatic heterocycles. The summed E-state index contributed by atoms with van der Waals surface area (Å²) in [6.45, 7) is 0. The Morgan fingerprint density at radius 2 is 1.95 bits per heavy atom. The Morgan fingerprint density at radius 1 is 1.10 bits per heavy atom. The molecular weight excluding hydrogens is 398 g/mol. The molecule has 2 aromatic carbocycles.